The molecule has 2 N–H and O–H groups in total. The summed E-state index contributed by atoms with van der Waals surface area (Å²) in [5.41, 5.74) is 6.94. The van der Waals surface area contributed by atoms with E-state index in [4.69, 9.17) is 15.7 Å². The van der Waals surface area contributed by atoms with Gasteiger partial charge in [-0.2, -0.15) is 0 Å². The summed E-state index contributed by atoms with van der Waals surface area (Å²) in [6, 6.07) is 8.37. The van der Waals surface area contributed by atoms with Gasteiger partial charge in [0.15, 0.2) is 5.96 Å². The second-order valence-corrected chi connectivity index (χ2v) is 7.68. The van der Waals surface area contributed by atoms with E-state index in [1.165, 1.54) is 12.8 Å². The highest BCUT2D eigenvalue weighted by Crippen LogP contribution is 2.43. The summed E-state index contributed by atoms with van der Waals surface area (Å²) in [6.07, 6.45) is 4.70. The first-order valence-electron chi connectivity index (χ1n) is 9.45. The maximum atomic E-state index is 6.22. The number of nitrogens with two attached hydrogens (primary N) is 1. The van der Waals surface area contributed by atoms with Crippen molar-refractivity contribution in [1.82, 2.24) is 4.90 Å². The van der Waals surface area contributed by atoms with Crippen LogP contribution in [0.4, 0.5) is 0 Å². The van der Waals surface area contributed by atoms with Crippen molar-refractivity contribution in [1.29, 1.82) is 0 Å². The van der Waals surface area contributed by atoms with Crippen molar-refractivity contribution in [3.63, 3.8) is 0 Å². The lowest BCUT2D eigenvalue weighted by Gasteiger charge is -2.36. The Morgan fingerprint density at radius 1 is 1.28 bits per heavy atom. The number of unbranched alkanes of at least 4 members (excludes halogenated alkanes) is 1. The van der Waals surface area contributed by atoms with E-state index < -0.39 is 5.54 Å². The van der Waals surface area contributed by atoms with Crippen LogP contribution in [0.2, 0.25) is 0 Å². The van der Waals surface area contributed by atoms with Crippen molar-refractivity contribution in [3.8, 4) is 0 Å². The highest BCUT2D eigenvalue weighted by Gasteiger charge is 2.50. The maximum Gasteiger partial charge on any atom is 0.198 e. The molecule has 2 aliphatic heterocycles. The number of aliphatic imine (C=N–C) groups is 2. The molecule has 0 fully saturated rings. The molecule has 2 aliphatic rings. The molecule has 0 bridgehead atoms. The maximum absolute atomic E-state index is 6.22. The minimum Gasteiger partial charge on any atom is -0.369 e. The van der Waals surface area contributed by atoms with Crippen LogP contribution in [0.1, 0.15) is 58.9 Å². The molecule has 0 saturated carbocycles. The molecule has 3 rings (SSSR count). The van der Waals surface area contributed by atoms with E-state index in [1.807, 2.05) is 6.07 Å². The van der Waals surface area contributed by atoms with Gasteiger partial charge in [0, 0.05) is 17.6 Å². The molecule has 1 aromatic carbocycles. The van der Waals surface area contributed by atoms with Crippen LogP contribution in [0.5, 0.6) is 0 Å². The molecule has 0 radical (unpaired) electrons. The predicted molar refractivity (Wildman–Crippen MR) is 111 cm³/mol. The average molecular weight is 407 g/mol. The Bertz CT molecular complexity index is 638. The molecule has 2 unspecified atom stereocenters. The van der Waals surface area contributed by atoms with Crippen molar-refractivity contribution in [2.45, 2.75) is 58.9 Å². The van der Waals surface area contributed by atoms with Crippen LogP contribution in [0.25, 0.3) is 0 Å². The Hall–Kier alpha value is -1.36. The van der Waals surface area contributed by atoms with Crippen LogP contribution in [0, 0.1) is 5.92 Å². The third-order valence-corrected chi connectivity index (χ3v) is 5.55. The van der Waals surface area contributed by atoms with Crippen LogP contribution in [0.3, 0.4) is 0 Å². The van der Waals surface area contributed by atoms with Crippen molar-refractivity contribution < 1.29 is 0 Å². The first-order chi connectivity index (χ1) is 12.0. The van der Waals surface area contributed by atoms with Crippen LogP contribution in [0.15, 0.2) is 38.7 Å². The van der Waals surface area contributed by atoms with Gasteiger partial charge in [-0.15, -0.1) is 0 Å². The molecule has 25 heavy (non-hydrogen) atoms. The smallest absolute Gasteiger partial charge is 0.198 e. The van der Waals surface area contributed by atoms with E-state index in [0.717, 1.165) is 41.8 Å². The fourth-order valence-corrected chi connectivity index (χ4v) is 3.67. The monoisotopic (exact) mass is 406 g/mol. The van der Waals surface area contributed by atoms with Crippen LogP contribution >= 0.6 is 15.9 Å². The summed E-state index contributed by atoms with van der Waals surface area (Å²) in [5, 5.41) is 0. The second-order valence-electron chi connectivity index (χ2n) is 6.77. The lowest BCUT2D eigenvalue weighted by molar-refractivity contribution is 0.373. The van der Waals surface area contributed by atoms with Gasteiger partial charge in [0.1, 0.15) is 11.4 Å². The number of hydrogen-bond donors (Lipinski definition) is 1. The molecular weight excluding hydrogens is 376 g/mol. The van der Waals surface area contributed by atoms with Crippen molar-refractivity contribution in [2.75, 3.05) is 13.1 Å². The number of hydrogen-bond acceptors (Lipinski definition) is 4. The first-order valence-corrected chi connectivity index (χ1v) is 10.2. The summed E-state index contributed by atoms with van der Waals surface area (Å²) in [5.74, 6) is 1.97. The molecule has 0 amide bonds. The zero-order valence-corrected chi connectivity index (χ0v) is 17.5. The van der Waals surface area contributed by atoms with Crippen molar-refractivity contribution in [3.05, 3.63) is 34.3 Å². The number of nitrogens with zero attached hydrogens (tertiary/aromatic N) is 3. The fourth-order valence-electron chi connectivity index (χ4n) is 3.28. The van der Waals surface area contributed by atoms with E-state index in [-0.39, 0.29) is 0 Å². The zero-order valence-electron chi connectivity index (χ0n) is 15.9. The molecule has 1 aromatic rings. The number of benzene rings is 1. The standard InChI is InChI=1S/C16H21BrN4.C4H10/c1-3-11(2)16(12-6-4-7-13(17)10-12)14-19-8-5-9-21(14)15(18)20-16;1-3-4-2/h4,6-7,10-11H,3,5,8-9H2,1-2H3,(H2,18,20);3-4H2,1-2H3. The van der Waals surface area contributed by atoms with Crippen molar-refractivity contribution in [2.24, 2.45) is 21.6 Å². The Morgan fingerprint density at radius 2 is 2.00 bits per heavy atom. The van der Waals surface area contributed by atoms with E-state index in [9.17, 15) is 0 Å². The Morgan fingerprint density at radius 3 is 2.60 bits per heavy atom. The quantitative estimate of drug-likeness (QED) is 0.770. The van der Waals surface area contributed by atoms with Gasteiger partial charge < -0.3 is 5.73 Å². The first kappa shape index (κ1) is 20.0. The molecule has 2 heterocycles. The van der Waals surface area contributed by atoms with Gasteiger partial charge in [-0.05, 0) is 30.0 Å². The third kappa shape index (κ3) is 3.91. The van der Waals surface area contributed by atoms with E-state index in [2.05, 4.69) is 66.7 Å². The molecule has 0 aliphatic carbocycles. The van der Waals surface area contributed by atoms with Gasteiger partial charge in [-0.3, -0.25) is 9.89 Å². The summed E-state index contributed by atoms with van der Waals surface area (Å²) < 4.78 is 1.06. The lowest BCUT2D eigenvalue weighted by atomic mass is 9.77. The predicted octanol–water partition coefficient (Wildman–Crippen LogP) is 4.93. The minimum atomic E-state index is -0.441. The van der Waals surface area contributed by atoms with Crippen LogP contribution in [-0.4, -0.2) is 29.8 Å². The van der Waals surface area contributed by atoms with Gasteiger partial charge in [0.25, 0.3) is 0 Å². The molecule has 2 atom stereocenters. The number of guanidine groups is 1. The Labute approximate surface area is 160 Å². The third-order valence-electron chi connectivity index (χ3n) is 5.06. The van der Waals surface area contributed by atoms with E-state index in [1.54, 1.807) is 0 Å². The van der Waals surface area contributed by atoms with Gasteiger partial charge >= 0.3 is 0 Å². The van der Waals surface area contributed by atoms with Crippen LogP contribution < -0.4 is 5.73 Å². The zero-order chi connectivity index (χ0) is 18.4. The van der Waals surface area contributed by atoms with Crippen molar-refractivity contribution >= 4 is 27.7 Å². The van der Waals surface area contributed by atoms with Crippen LogP contribution in [-0.2, 0) is 5.54 Å². The average Bonchev–Trinajstić information content (AvgIpc) is 2.95. The summed E-state index contributed by atoms with van der Waals surface area (Å²) in [7, 11) is 0. The molecule has 0 aromatic heterocycles. The fraction of sp³-hybridized carbons (Fsp3) is 0.600. The number of rotatable bonds is 4. The summed E-state index contributed by atoms with van der Waals surface area (Å²) in [4.78, 5) is 11.8. The van der Waals surface area contributed by atoms with Gasteiger partial charge in [-0.1, -0.05) is 75.0 Å². The number of fused-ring (bicyclic) bond motifs is 1. The lowest BCUT2D eigenvalue weighted by Crippen LogP contribution is -2.48. The molecular formula is C20H31BrN4. The Balaban J connectivity index is 0.000000511. The molecule has 138 valence electrons. The SMILES string of the molecule is CCC(C)C1(c2cccc(Br)c2)N=C(N)N2CCCN=C21.CCCC. The second kappa shape index (κ2) is 8.84. The molecule has 0 saturated heterocycles. The van der Waals surface area contributed by atoms with E-state index in [0.29, 0.717) is 11.9 Å². The number of amidine groups is 1. The van der Waals surface area contributed by atoms with Gasteiger partial charge in [-0.25, -0.2) is 4.99 Å². The topological polar surface area (TPSA) is 54.0 Å². The van der Waals surface area contributed by atoms with Gasteiger partial charge in [0.05, 0.1) is 0 Å². The Kier molecular flexibility index (Phi) is 7.05. The number of halogens is 1. The minimum absolute atomic E-state index is 0.340. The largest absolute Gasteiger partial charge is 0.369 e. The van der Waals surface area contributed by atoms with E-state index >= 15 is 0 Å². The summed E-state index contributed by atoms with van der Waals surface area (Å²) in [6.45, 7) is 10.6. The molecule has 5 heteroatoms. The van der Waals surface area contributed by atoms with Gasteiger partial charge in [0.2, 0.25) is 0 Å². The summed E-state index contributed by atoms with van der Waals surface area (Å²) >= 11 is 3.57. The highest BCUT2D eigenvalue weighted by molar-refractivity contribution is 9.10. The normalized spacial score (nSPS) is 23.2. The molecule has 0 spiro atoms. The molecule has 4 nitrogen and oxygen atoms in total. The highest BCUT2D eigenvalue weighted by atomic mass is 79.9.